The molecule has 1 N–H and O–H groups in total. The standard InChI is InChI=1S/C35H74NO2/c1-5-7-9-11-13-15-17-18-19-20-21-22-23-25-27-29-31-36(3,4)33-35(37)34-38-32-30-28-26-24-16-14-12-10-8-6-2/h35,37H,5-34H2,1-4H3/q+1. The first-order valence-corrected chi connectivity index (χ1v) is 17.6. The minimum Gasteiger partial charge on any atom is -0.385 e. The Balaban J connectivity index is 3.40. The van der Waals surface area contributed by atoms with E-state index in [1.54, 1.807) is 0 Å². The van der Waals surface area contributed by atoms with Gasteiger partial charge in [0, 0.05) is 6.61 Å². The van der Waals surface area contributed by atoms with Gasteiger partial charge in [0.2, 0.25) is 0 Å². The quantitative estimate of drug-likeness (QED) is 0.0679. The van der Waals surface area contributed by atoms with E-state index in [2.05, 4.69) is 27.9 Å². The van der Waals surface area contributed by atoms with Gasteiger partial charge in [-0.25, -0.2) is 0 Å². The monoisotopic (exact) mass is 541 g/mol. The smallest absolute Gasteiger partial charge is 0.126 e. The van der Waals surface area contributed by atoms with Crippen LogP contribution in [0.3, 0.4) is 0 Å². The van der Waals surface area contributed by atoms with Crippen molar-refractivity contribution in [1.29, 1.82) is 0 Å². The van der Waals surface area contributed by atoms with Crippen molar-refractivity contribution in [3.05, 3.63) is 0 Å². The Kier molecular flexibility index (Phi) is 29.8. The Morgan fingerprint density at radius 2 is 0.789 bits per heavy atom. The minimum atomic E-state index is -0.339. The maximum atomic E-state index is 10.4. The zero-order chi connectivity index (χ0) is 28.0. The van der Waals surface area contributed by atoms with E-state index >= 15 is 0 Å². The zero-order valence-electron chi connectivity index (χ0n) is 27.1. The molecule has 0 rings (SSSR count). The third kappa shape index (κ3) is 30.4. The van der Waals surface area contributed by atoms with Crippen LogP contribution in [0.1, 0.15) is 181 Å². The topological polar surface area (TPSA) is 29.5 Å². The molecular weight excluding hydrogens is 466 g/mol. The van der Waals surface area contributed by atoms with E-state index in [0.29, 0.717) is 6.61 Å². The molecule has 0 saturated carbocycles. The van der Waals surface area contributed by atoms with Crippen LogP contribution in [0.2, 0.25) is 0 Å². The first-order chi connectivity index (χ1) is 18.5. The van der Waals surface area contributed by atoms with E-state index in [1.807, 2.05) is 0 Å². The van der Waals surface area contributed by atoms with Gasteiger partial charge in [-0.15, -0.1) is 0 Å². The van der Waals surface area contributed by atoms with Gasteiger partial charge in [0.25, 0.3) is 0 Å². The van der Waals surface area contributed by atoms with Crippen molar-refractivity contribution >= 4 is 0 Å². The number of unbranched alkanes of at least 4 members (excludes halogenated alkanes) is 24. The fraction of sp³-hybridized carbons (Fsp3) is 1.00. The van der Waals surface area contributed by atoms with E-state index in [9.17, 15) is 5.11 Å². The molecule has 0 aromatic rings. The number of hydrogen-bond donors (Lipinski definition) is 1. The highest BCUT2D eigenvalue weighted by Gasteiger charge is 2.20. The van der Waals surface area contributed by atoms with Gasteiger partial charge >= 0.3 is 0 Å². The average Bonchev–Trinajstić information content (AvgIpc) is 2.88. The SMILES string of the molecule is CCCCCCCCCCCCCCCCCC[N+](C)(C)CC(O)COCCCCCCCCCCCC. The summed E-state index contributed by atoms with van der Waals surface area (Å²) in [6.07, 6.45) is 35.8. The Morgan fingerprint density at radius 3 is 1.16 bits per heavy atom. The summed E-state index contributed by atoms with van der Waals surface area (Å²) in [4.78, 5) is 0. The lowest BCUT2D eigenvalue weighted by Crippen LogP contribution is -2.47. The number of ether oxygens (including phenoxy) is 1. The van der Waals surface area contributed by atoms with E-state index in [-0.39, 0.29) is 6.10 Å². The van der Waals surface area contributed by atoms with Crippen LogP contribution in [0.5, 0.6) is 0 Å². The number of aliphatic hydroxyl groups is 1. The number of quaternary nitrogens is 1. The van der Waals surface area contributed by atoms with E-state index in [0.717, 1.165) is 30.6 Å². The predicted molar refractivity (Wildman–Crippen MR) is 170 cm³/mol. The van der Waals surface area contributed by atoms with Gasteiger partial charge in [0.15, 0.2) is 0 Å². The van der Waals surface area contributed by atoms with E-state index in [4.69, 9.17) is 4.74 Å². The summed E-state index contributed by atoms with van der Waals surface area (Å²) in [6.45, 7) is 7.84. The molecule has 0 spiro atoms. The average molecular weight is 541 g/mol. The van der Waals surface area contributed by atoms with Crippen molar-refractivity contribution in [3.8, 4) is 0 Å². The first kappa shape index (κ1) is 37.9. The second kappa shape index (κ2) is 29.9. The van der Waals surface area contributed by atoms with Crippen LogP contribution in [0, 0.1) is 0 Å². The summed E-state index contributed by atoms with van der Waals surface area (Å²) < 4.78 is 6.69. The first-order valence-electron chi connectivity index (χ1n) is 17.6. The highest BCUT2D eigenvalue weighted by molar-refractivity contribution is 4.55. The fourth-order valence-corrected chi connectivity index (χ4v) is 5.71. The zero-order valence-corrected chi connectivity index (χ0v) is 27.1. The molecule has 0 radical (unpaired) electrons. The maximum absolute atomic E-state index is 10.4. The molecule has 3 nitrogen and oxygen atoms in total. The number of aliphatic hydroxyl groups excluding tert-OH is 1. The van der Waals surface area contributed by atoms with Crippen LogP contribution in [0.25, 0.3) is 0 Å². The second-order valence-corrected chi connectivity index (χ2v) is 13.1. The molecule has 1 unspecified atom stereocenters. The summed E-state index contributed by atoms with van der Waals surface area (Å²) in [5.74, 6) is 0. The second-order valence-electron chi connectivity index (χ2n) is 13.1. The van der Waals surface area contributed by atoms with Crippen molar-refractivity contribution in [2.75, 3.05) is 40.4 Å². The van der Waals surface area contributed by atoms with Crippen LogP contribution in [-0.4, -0.2) is 56.1 Å². The summed E-state index contributed by atoms with van der Waals surface area (Å²) in [5, 5.41) is 10.4. The molecule has 1 atom stereocenters. The fourth-order valence-electron chi connectivity index (χ4n) is 5.71. The van der Waals surface area contributed by atoms with E-state index < -0.39 is 0 Å². The molecule has 0 aromatic heterocycles. The Bertz CT molecular complexity index is 440. The Hall–Kier alpha value is -0.120. The summed E-state index contributed by atoms with van der Waals surface area (Å²) >= 11 is 0. The molecule has 0 heterocycles. The lowest BCUT2D eigenvalue weighted by molar-refractivity contribution is -0.893. The molecule has 3 heteroatoms. The van der Waals surface area contributed by atoms with Crippen molar-refractivity contribution in [1.82, 2.24) is 0 Å². The van der Waals surface area contributed by atoms with Crippen LogP contribution < -0.4 is 0 Å². The molecule has 0 aromatic carbocycles. The minimum absolute atomic E-state index is 0.339. The van der Waals surface area contributed by atoms with Gasteiger partial charge in [-0.3, -0.25) is 0 Å². The van der Waals surface area contributed by atoms with Gasteiger partial charge in [0.1, 0.15) is 12.6 Å². The van der Waals surface area contributed by atoms with Gasteiger partial charge in [-0.1, -0.05) is 162 Å². The highest BCUT2D eigenvalue weighted by Crippen LogP contribution is 2.15. The highest BCUT2D eigenvalue weighted by atomic mass is 16.5. The number of nitrogens with zero attached hydrogens (tertiary/aromatic N) is 1. The molecular formula is C35H74NO2+. The molecule has 0 saturated heterocycles. The van der Waals surface area contributed by atoms with Crippen LogP contribution in [0.4, 0.5) is 0 Å². The number of hydrogen-bond acceptors (Lipinski definition) is 2. The normalized spacial score (nSPS) is 12.9. The van der Waals surface area contributed by atoms with Crippen LogP contribution in [-0.2, 0) is 4.74 Å². The van der Waals surface area contributed by atoms with Crippen LogP contribution in [0.15, 0.2) is 0 Å². The lowest BCUT2D eigenvalue weighted by Gasteiger charge is -2.32. The van der Waals surface area contributed by atoms with Crippen molar-refractivity contribution in [3.63, 3.8) is 0 Å². The summed E-state index contributed by atoms with van der Waals surface area (Å²) in [5.41, 5.74) is 0. The predicted octanol–water partition coefficient (Wildman–Crippen LogP) is 10.6. The number of likely N-dealkylation sites (N-methyl/N-ethyl adjacent to an activating group) is 1. The Labute approximate surface area is 241 Å². The molecule has 0 aliphatic heterocycles. The van der Waals surface area contributed by atoms with Crippen LogP contribution >= 0.6 is 0 Å². The molecule has 0 amide bonds. The molecule has 0 aliphatic carbocycles. The molecule has 230 valence electrons. The molecule has 0 bridgehead atoms. The van der Waals surface area contributed by atoms with Gasteiger partial charge in [0.05, 0.1) is 27.2 Å². The van der Waals surface area contributed by atoms with Crippen molar-refractivity contribution < 1.29 is 14.3 Å². The third-order valence-corrected chi connectivity index (χ3v) is 8.27. The van der Waals surface area contributed by atoms with E-state index in [1.165, 1.54) is 161 Å². The van der Waals surface area contributed by atoms with Gasteiger partial charge in [-0.05, 0) is 19.3 Å². The summed E-state index contributed by atoms with van der Waals surface area (Å²) in [6, 6.07) is 0. The molecule has 0 aliphatic rings. The Morgan fingerprint density at radius 1 is 0.474 bits per heavy atom. The number of rotatable bonds is 32. The van der Waals surface area contributed by atoms with Crippen molar-refractivity contribution in [2.45, 2.75) is 187 Å². The molecule has 0 fully saturated rings. The van der Waals surface area contributed by atoms with Gasteiger partial charge in [-0.2, -0.15) is 0 Å². The lowest BCUT2D eigenvalue weighted by atomic mass is 10.0. The maximum Gasteiger partial charge on any atom is 0.126 e. The third-order valence-electron chi connectivity index (χ3n) is 8.27. The van der Waals surface area contributed by atoms with Gasteiger partial charge < -0.3 is 14.3 Å². The molecule has 38 heavy (non-hydrogen) atoms. The summed E-state index contributed by atoms with van der Waals surface area (Å²) in [7, 11) is 4.52. The largest absolute Gasteiger partial charge is 0.385 e. The van der Waals surface area contributed by atoms with Crippen molar-refractivity contribution in [2.24, 2.45) is 0 Å².